The molecule has 34 heavy (non-hydrogen) atoms. The molecule has 0 aromatic heterocycles. The number of benzene rings is 3. The van der Waals surface area contributed by atoms with Gasteiger partial charge in [-0.05, 0) is 41.5 Å². The van der Waals surface area contributed by atoms with E-state index in [0.717, 1.165) is 4.90 Å². The lowest BCUT2D eigenvalue weighted by molar-refractivity contribution is -0.255. The number of fused-ring (bicyclic) bond motifs is 1. The number of rotatable bonds is 6. The molecule has 1 heterocycles. The van der Waals surface area contributed by atoms with Crippen LogP contribution in [0.1, 0.15) is 53.9 Å². The Morgan fingerprint density at radius 3 is 2.24 bits per heavy atom. The zero-order chi connectivity index (χ0) is 24.4. The third-order valence-electron chi connectivity index (χ3n) is 5.13. The summed E-state index contributed by atoms with van der Waals surface area (Å²) in [5.41, 5.74) is 1.34. The van der Waals surface area contributed by atoms with E-state index < -0.39 is 29.7 Å². The minimum absolute atomic E-state index is 0.0276. The number of nitrogens with zero attached hydrogens (tertiary/aromatic N) is 1. The monoisotopic (exact) mass is 457 g/mol. The third-order valence-corrected chi connectivity index (χ3v) is 5.13. The lowest BCUT2D eigenvalue weighted by atomic mass is 10.1. The SMILES string of the molecule is CC(=O)Oc1cccc(N2C(=O)c3ccc(C(=O)NCc4ccc(C(=O)[O-])cc4)cc3C2=O)c1. The van der Waals surface area contributed by atoms with Crippen molar-refractivity contribution in [2.24, 2.45) is 0 Å². The van der Waals surface area contributed by atoms with E-state index in [9.17, 15) is 29.1 Å². The van der Waals surface area contributed by atoms with Crippen LogP contribution in [0.3, 0.4) is 0 Å². The van der Waals surface area contributed by atoms with Gasteiger partial charge in [-0.3, -0.25) is 19.2 Å². The van der Waals surface area contributed by atoms with E-state index >= 15 is 0 Å². The van der Waals surface area contributed by atoms with Crippen molar-refractivity contribution < 1.29 is 33.8 Å². The fourth-order valence-electron chi connectivity index (χ4n) is 3.51. The van der Waals surface area contributed by atoms with Gasteiger partial charge < -0.3 is 20.0 Å². The molecule has 1 aliphatic heterocycles. The van der Waals surface area contributed by atoms with Crippen LogP contribution in [0.15, 0.2) is 66.7 Å². The number of ether oxygens (including phenoxy) is 1. The Morgan fingerprint density at radius 1 is 0.882 bits per heavy atom. The first-order chi connectivity index (χ1) is 16.2. The summed E-state index contributed by atoms with van der Waals surface area (Å²) >= 11 is 0. The number of carboxylic acids is 1. The Balaban J connectivity index is 1.51. The molecule has 4 rings (SSSR count). The average Bonchev–Trinajstić information content (AvgIpc) is 3.06. The Morgan fingerprint density at radius 2 is 1.56 bits per heavy atom. The molecule has 0 unspecified atom stereocenters. The first-order valence-electron chi connectivity index (χ1n) is 10.1. The van der Waals surface area contributed by atoms with Gasteiger partial charge in [-0.2, -0.15) is 0 Å². The van der Waals surface area contributed by atoms with Crippen LogP contribution >= 0.6 is 0 Å². The minimum Gasteiger partial charge on any atom is -0.545 e. The standard InChI is InChI=1S/C25H18N2O7/c1-14(28)34-19-4-2-3-18(12-19)27-23(30)20-10-9-17(11-21(20)24(27)31)22(29)26-13-15-5-7-16(8-6-15)25(32)33/h2-12H,13H2,1H3,(H,26,29)(H,32,33)/p-1. The summed E-state index contributed by atoms with van der Waals surface area (Å²) in [6, 6.07) is 16.1. The summed E-state index contributed by atoms with van der Waals surface area (Å²) < 4.78 is 5.02. The second-order valence-electron chi connectivity index (χ2n) is 7.46. The van der Waals surface area contributed by atoms with E-state index in [-0.39, 0.29) is 40.2 Å². The first-order valence-corrected chi connectivity index (χ1v) is 10.1. The third kappa shape index (κ3) is 4.40. The number of imide groups is 1. The quantitative estimate of drug-likeness (QED) is 0.338. The topological polar surface area (TPSA) is 133 Å². The summed E-state index contributed by atoms with van der Waals surface area (Å²) in [4.78, 5) is 61.4. The van der Waals surface area contributed by atoms with Crippen molar-refractivity contribution >= 4 is 35.3 Å². The van der Waals surface area contributed by atoms with Crippen LogP contribution in [-0.2, 0) is 11.3 Å². The number of hydrogen-bond donors (Lipinski definition) is 1. The Kier molecular flexibility index (Phi) is 5.92. The molecule has 0 bridgehead atoms. The molecule has 0 radical (unpaired) electrons. The van der Waals surface area contributed by atoms with Crippen LogP contribution in [-0.4, -0.2) is 29.7 Å². The summed E-state index contributed by atoms with van der Waals surface area (Å²) in [7, 11) is 0. The van der Waals surface area contributed by atoms with Crippen LogP contribution in [0.4, 0.5) is 5.69 Å². The maximum atomic E-state index is 13.0. The molecular weight excluding hydrogens is 440 g/mol. The van der Waals surface area contributed by atoms with Crippen molar-refractivity contribution in [1.29, 1.82) is 0 Å². The lowest BCUT2D eigenvalue weighted by Gasteiger charge is -2.14. The number of esters is 1. The van der Waals surface area contributed by atoms with Crippen molar-refractivity contribution in [3.8, 4) is 5.75 Å². The molecular formula is C25H17N2O7-. The van der Waals surface area contributed by atoms with Gasteiger partial charge in [0.05, 0.1) is 22.8 Å². The second-order valence-corrected chi connectivity index (χ2v) is 7.46. The number of hydrogen-bond acceptors (Lipinski definition) is 7. The van der Waals surface area contributed by atoms with Gasteiger partial charge in [-0.1, -0.05) is 30.3 Å². The molecule has 0 saturated carbocycles. The van der Waals surface area contributed by atoms with Crippen LogP contribution < -0.4 is 20.1 Å². The smallest absolute Gasteiger partial charge is 0.308 e. The highest BCUT2D eigenvalue weighted by molar-refractivity contribution is 6.34. The molecule has 3 aromatic rings. The van der Waals surface area contributed by atoms with Crippen molar-refractivity contribution in [3.63, 3.8) is 0 Å². The van der Waals surface area contributed by atoms with Crippen LogP contribution in [0.25, 0.3) is 0 Å². The number of anilines is 1. The summed E-state index contributed by atoms with van der Waals surface area (Å²) in [6.07, 6.45) is 0. The molecule has 0 atom stereocenters. The predicted octanol–water partition coefficient (Wildman–Crippen LogP) is 1.71. The first kappa shape index (κ1) is 22.4. The van der Waals surface area contributed by atoms with Crippen LogP contribution in [0.2, 0.25) is 0 Å². The number of nitrogens with one attached hydrogen (secondary N) is 1. The highest BCUT2D eigenvalue weighted by Gasteiger charge is 2.37. The molecule has 1 N–H and O–H groups in total. The maximum Gasteiger partial charge on any atom is 0.308 e. The van der Waals surface area contributed by atoms with Gasteiger partial charge >= 0.3 is 5.97 Å². The average molecular weight is 457 g/mol. The van der Waals surface area contributed by atoms with Crippen molar-refractivity contribution in [1.82, 2.24) is 5.32 Å². The second kappa shape index (κ2) is 8.99. The molecule has 3 aromatic carbocycles. The normalized spacial score (nSPS) is 12.3. The van der Waals surface area contributed by atoms with Gasteiger partial charge in [0.1, 0.15) is 5.75 Å². The van der Waals surface area contributed by atoms with Gasteiger partial charge in [-0.25, -0.2) is 4.90 Å². The zero-order valence-electron chi connectivity index (χ0n) is 17.9. The lowest BCUT2D eigenvalue weighted by Crippen LogP contribution is -2.29. The molecule has 0 aliphatic carbocycles. The van der Waals surface area contributed by atoms with Crippen LogP contribution in [0.5, 0.6) is 5.75 Å². The molecule has 3 amide bonds. The Labute approximate surface area is 193 Å². The minimum atomic E-state index is -1.29. The van der Waals surface area contributed by atoms with E-state index in [1.807, 2.05) is 0 Å². The fraction of sp³-hybridized carbons (Fsp3) is 0.0800. The number of carbonyl (C=O) groups excluding carboxylic acids is 5. The molecule has 9 heteroatoms. The van der Waals surface area contributed by atoms with Gasteiger partial charge in [0.25, 0.3) is 17.7 Å². The van der Waals surface area contributed by atoms with E-state index in [0.29, 0.717) is 5.56 Å². The van der Waals surface area contributed by atoms with E-state index in [1.54, 1.807) is 18.2 Å². The molecule has 170 valence electrons. The van der Waals surface area contributed by atoms with Crippen molar-refractivity contribution in [2.75, 3.05) is 4.90 Å². The summed E-state index contributed by atoms with van der Waals surface area (Å²) in [5.74, 6) is -3.27. The van der Waals surface area contributed by atoms with E-state index in [2.05, 4.69) is 5.32 Å². The van der Waals surface area contributed by atoms with E-state index in [1.165, 1.54) is 55.5 Å². The van der Waals surface area contributed by atoms with Crippen molar-refractivity contribution in [3.05, 3.63) is 94.5 Å². The maximum absolute atomic E-state index is 13.0. The van der Waals surface area contributed by atoms with Gasteiger partial charge in [0, 0.05) is 25.1 Å². The number of carboxylic acid groups (broad SMARTS) is 1. The Hall–Kier alpha value is -4.79. The fourth-order valence-corrected chi connectivity index (χ4v) is 3.51. The largest absolute Gasteiger partial charge is 0.545 e. The highest BCUT2D eigenvalue weighted by atomic mass is 16.5. The van der Waals surface area contributed by atoms with Gasteiger partial charge in [0.2, 0.25) is 0 Å². The number of carbonyl (C=O) groups is 5. The Bertz CT molecular complexity index is 1350. The highest BCUT2D eigenvalue weighted by Crippen LogP contribution is 2.31. The number of aromatic carboxylic acids is 1. The molecule has 1 aliphatic rings. The predicted molar refractivity (Wildman–Crippen MR) is 117 cm³/mol. The van der Waals surface area contributed by atoms with E-state index in [4.69, 9.17) is 4.74 Å². The van der Waals surface area contributed by atoms with Gasteiger partial charge in [-0.15, -0.1) is 0 Å². The molecule has 9 nitrogen and oxygen atoms in total. The summed E-state index contributed by atoms with van der Waals surface area (Å²) in [5, 5.41) is 13.5. The molecule has 0 spiro atoms. The molecule has 0 fully saturated rings. The summed E-state index contributed by atoms with van der Waals surface area (Å²) in [6.45, 7) is 1.37. The number of amides is 3. The zero-order valence-corrected chi connectivity index (χ0v) is 17.9. The van der Waals surface area contributed by atoms with Crippen LogP contribution in [0, 0.1) is 0 Å². The van der Waals surface area contributed by atoms with Crippen molar-refractivity contribution in [2.45, 2.75) is 13.5 Å². The molecule has 0 saturated heterocycles. The van der Waals surface area contributed by atoms with Gasteiger partial charge in [0.15, 0.2) is 0 Å².